The Morgan fingerprint density at radius 2 is 1.56 bits per heavy atom. The van der Waals surface area contributed by atoms with Crippen molar-refractivity contribution in [2.45, 2.75) is 20.8 Å². The van der Waals surface area contributed by atoms with Crippen LogP contribution in [0.3, 0.4) is 0 Å². The molecule has 34 heavy (non-hydrogen) atoms. The van der Waals surface area contributed by atoms with Crippen LogP contribution in [0, 0.1) is 18.7 Å². The molecular weight excluding hydrogens is 433 g/mol. The number of carbonyl (C=O) groups is 2. The van der Waals surface area contributed by atoms with Gasteiger partial charge in [-0.15, -0.1) is 0 Å². The van der Waals surface area contributed by atoms with E-state index in [0.29, 0.717) is 43.1 Å². The van der Waals surface area contributed by atoms with E-state index in [1.54, 1.807) is 34.8 Å². The molecule has 3 aromatic rings. The van der Waals surface area contributed by atoms with E-state index in [2.05, 4.69) is 0 Å². The van der Waals surface area contributed by atoms with E-state index in [1.165, 1.54) is 6.07 Å². The van der Waals surface area contributed by atoms with Crippen LogP contribution in [0.25, 0.3) is 16.9 Å². The van der Waals surface area contributed by atoms with Crippen molar-refractivity contribution in [3.63, 3.8) is 0 Å². The zero-order valence-corrected chi connectivity index (χ0v) is 20.0. The first-order valence-electron chi connectivity index (χ1n) is 11.5. The van der Waals surface area contributed by atoms with Crippen LogP contribution >= 0.6 is 0 Å². The summed E-state index contributed by atoms with van der Waals surface area (Å²) in [6, 6.07) is 15.9. The molecule has 6 nitrogen and oxygen atoms in total. The van der Waals surface area contributed by atoms with E-state index in [0.717, 1.165) is 17.0 Å². The maximum Gasteiger partial charge on any atom is 0.255 e. The minimum Gasteiger partial charge on any atom is -0.497 e. The fourth-order valence-electron chi connectivity index (χ4n) is 4.41. The standard InChI is InChI=1S/C27H30FN3O3/c1-18(2)26(32)29-13-15-30(16-14-29)27(33)22-17-25(20-9-11-21(34-4)12-10-20)31(19(22)3)24-8-6-5-7-23(24)28/h5-12,17-18H,13-16H2,1-4H3. The number of nitrogens with zero attached hydrogens (tertiary/aromatic N) is 3. The minimum absolute atomic E-state index is 0.0636. The fraction of sp³-hybridized carbons (Fsp3) is 0.333. The minimum atomic E-state index is -0.365. The first-order chi connectivity index (χ1) is 16.3. The van der Waals surface area contributed by atoms with Gasteiger partial charge in [-0.25, -0.2) is 4.39 Å². The molecule has 0 radical (unpaired) electrons. The molecule has 0 atom stereocenters. The Labute approximate surface area is 199 Å². The average molecular weight is 464 g/mol. The summed E-state index contributed by atoms with van der Waals surface area (Å²) in [5.74, 6) is 0.284. The molecule has 0 spiro atoms. The number of rotatable bonds is 5. The number of para-hydroxylation sites is 1. The Bertz CT molecular complexity index is 1190. The number of amides is 2. The first-order valence-corrected chi connectivity index (χ1v) is 11.5. The monoisotopic (exact) mass is 463 g/mol. The summed E-state index contributed by atoms with van der Waals surface area (Å²) in [6.45, 7) is 7.58. The summed E-state index contributed by atoms with van der Waals surface area (Å²) in [4.78, 5) is 29.4. The lowest BCUT2D eigenvalue weighted by Crippen LogP contribution is -2.51. The van der Waals surface area contributed by atoms with E-state index < -0.39 is 0 Å². The van der Waals surface area contributed by atoms with E-state index in [9.17, 15) is 14.0 Å². The molecule has 2 heterocycles. The van der Waals surface area contributed by atoms with Crippen molar-refractivity contribution in [3.8, 4) is 22.7 Å². The molecule has 1 fully saturated rings. The van der Waals surface area contributed by atoms with Crippen molar-refractivity contribution in [2.75, 3.05) is 33.3 Å². The van der Waals surface area contributed by atoms with Crippen LogP contribution in [0.5, 0.6) is 5.75 Å². The topological polar surface area (TPSA) is 54.8 Å². The lowest BCUT2D eigenvalue weighted by Gasteiger charge is -2.35. The highest BCUT2D eigenvalue weighted by molar-refractivity contribution is 5.97. The third kappa shape index (κ3) is 4.42. The Balaban J connectivity index is 1.70. The van der Waals surface area contributed by atoms with Gasteiger partial charge in [-0.1, -0.05) is 26.0 Å². The number of piperazine rings is 1. The van der Waals surface area contributed by atoms with Crippen LogP contribution < -0.4 is 4.74 Å². The molecule has 1 aliphatic rings. The summed E-state index contributed by atoms with van der Waals surface area (Å²) in [7, 11) is 1.60. The van der Waals surface area contributed by atoms with Gasteiger partial charge in [0.1, 0.15) is 11.6 Å². The number of ether oxygens (including phenoxy) is 1. The highest BCUT2D eigenvalue weighted by atomic mass is 19.1. The van der Waals surface area contributed by atoms with Gasteiger partial charge in [-0.2, -0.15) is 0 Å². The number of carbonyl (C=O) groups excluding carboxylic acids is 2. The van der Waals surface area contributed by atoms with E-state index in [-0.39, 0.29) is 23.5 Å². The predicted molar refractivity (Wildman–Crippen MR) is 130 cm³/mol. The maximum absolute atomic E-state index is 14.8. The van der Waals surface area contributed by atoms with Crippen molar-refractivity contribution < 1.29 is 18.7 Å². The van der Waals surface area contributed by atoms with Gasteiger partial charge in [0.15, 0.2) is 0 Å². The Hall–Kier alpha value is -3.61. The summed E-state index contributed by atoms with van der Waals surface area (Å²) in [6.07, 6.45) is 0. The van der Waals surface area contributed by atoms with Crippen LogP contribution in [0.1, 0.15) is 29.9 Å². The molecule has 1 aliphatic heterocycles. The molecule has 7 heteroatoms. The summed E-state index contributed by atoms with van der Waals surface area (Å²) < 4.78 is 21.9. The highest BCUT2D eigenvalue weighted by Crippen LogP contribution is 2.32. The number of hydrogen-bond acceptors (Lipinski definition) is 3. The number of aromatic nitrogens is 1. The van der Waals surface area contributed by atoms with E-state index in [4.69, 9.17) is 4.74 Å². The SMILES string of the molecule is COc1ccc(-c2cc(C(=O)N3CCN(C(=O)C(C)C)CC3)c(C)n2-c2ccccc2F)cc1. The highest BCUT2D eigenvalue weighted by Gasteiger charge is 2.29. The van der Waals surface area contributed by atoms with Crippen LogP contribution in [0.2, 0.25) is 0 Å². The van der Waals surface area contributed by atoms with Crippen LogP contribution in [0.4, 0.5) is 4.39 Å². The molecule has 4 rings (SSSR count). The number of hydrogen-bond donors (Lipinski definition) is 0. The largest absolute Gasteiger partial charge is 0.497 e. The Morgan fingerprint density at radius 1 is 0.941 bits per heavy atom. The van der Waals surface area contributed by atoms with E-state index in [1.807, 2.05) is 56.0 Å². The molecule has 2 aromatic carbocycles. The second-order valence-electron chi connectivity index (χ2n) is 8.82. The molecule has 178 valence electrons. The maximum atomic E-state index is 14.8. The normalized spacial score (nSPS) is 13.9. The fourth-order valence-corrected chi connectivity index (χ4v) is 4.41. The van der Waals surface area contributed by atoms with E-state index >= 15 is 0 Å². The zero-order chi connectivity index (χ0) is 24.4. The second kappa shape index (κ2) is 9.71. The Kier molecular flexibility index (Phi) is 6.72. The lowest BCUT2D eigenvalue weighted by molar-refractivity contribution is -0.135. The molecular formula is C27H30FN3O3. The summed E-state index contributed by atoms with van der Waals surface area (Å²) in [5.41, 5.74) is 3.15. The van der Waals surface area contributed by atoms with Crippen LogP contribution in [0.15, 0.2) is 54.6 Å². The molecule has 0 unspecified atom stereocenters. The average Bonchev–Trinajstić information content (AvgIpc) is 3.20. The van der Waals surface area contributed by atoms with Gasteiger partial charge in [-0.3, -0.25) is 9.59 Å². The second-order valence-corrected chi connectivity index (χ2v) is 8.82. The van der Waals surface area contributed by atoms with Gasteiger partial charge in [0.25, 0.3) is 5.91 Å². The van der Waals surface area contributed by atoms with Gasteiger partial charge >= 0.3 is 0 Å². The molecule has 2 amide bonds. The molecule has 1 saturated heterocycles. The number of methoxy groups -OCH3 is 1. The lowest BCUT2D eigenvalue weighted by atomic mass is 10.1. The van der Waals surface area contributed by atoms with Gasteiger partial charge in [-0.05, 0) is 55.0 Å². The molecule has 0 N–H and O–H groups in total. The zero-order valence-electron chi connectivity index (χ0n) is 20.0. The smallest absolute Gasteiger partial charge is 0.255 e. The third-order valence-electron chi connectivity index (χ3n) is 6.33. The predicted octanol–water partition coefficient (Wildman–Crippen LogP) is 4.54. The number of halogens is 1. The quantitative estimate of drug-likeness (QED) is 0.558. The van der Waals surface area contributed by atoms with Crippen molar-refractivity contribution in [1.82, 2.24) is 14.4 Å². The first kappa shape index (κ1) is 23.5. The van der Waals surface area contributed by atoms with Gasteiger partial charge in [0.2, 0.25) is 5.91 Å². The van der Waals surface area contributed by atoms with Gasteiger partial charge in [0.05, 0.1) is 24.1 Å². The third-order valence-corrected chi connectivity index (χ3v) is 6.33. The number of benzene rings is 2. The summed E-state index contributed by atoms with van der Waals surface area (Å²) >= 11 is 0. The molecule has 1 aromatic heterocycles. The van der Waals surface area contributed by atoms with Crippen molar-refractivity contribution >= 4 is 11.8 Å². The van der Waals surface area contributed by atoms with Crippen LogP contribution in [-0.4, -0.2) is 59.5 Å². The Morgan fingerprint density at radius 3 is 2.15 bits per heavy atom. The summed E-state index contributed by atoms with van der Waals surface area (Å²) in [5, 5.41) is 0. The van der Waals surface area contributed by atoms with Crippen LogP contribution in [-0.2, 0) is 4.79 Å². The molecule has 0 bridgehead atoms. The van der Waals surface area contributed by atoms with Crippen molar-refractivity contribution in [3.05, 3.63) is 71.7 Å². The molecule has 0 aliphatic carbocycles. The van der Waals surface area contributed by atoms with Crippen molar-refractivity contribution in [2.24, 2.45) is 5.92 Å². The van der Waals surface area contributed by atoms with Gasteiger partial charge < -0.3 is 19.1 Å². The van der Waals surface area contributed by atoms with Crippen molar-refractivity contribution in [1.29, 1.82) is 0 Å². The van der Waals surface area contributed by atoms with Gasteiger partial charge in [0, 0.05) is 37.8 Å². The molecule has 0 saturated carbocycles.